The minimum Gasteiger partial charge on any atom is -0.336 e. The summed E-state index contributed by atoms with van der Waals surface area (Å²) < 4.78 is 27.5. The number of nitrogens with one attached hydrogen (secondary N) is 1. The van der Waals surface area contributed by atoms with Crippen molar-refractivity contribution in [1.29, 1.82) is 0 Å². The first-order valence-electron chi connectivity index (χ1n) is 10.2. The molecule has 10 heteroatoms. The maximum atomic E-state index is 12.8. The van der Waals surface area contributed by atoms with Gasteiger partial charge in [-0.2, -0.15) is 0 Å². The van der Waals surface area contributed by atoms with Crippen LogP contribution in [0.25, 0.3) is 0 Å². The normalized spacial score (nSPS) is 17.4. The van der Waals surface area contributed by atoms with Crippen LogP contribution in [0.3, 0.4) is 0 Å². The number of carbonyl (C=O) groups excluding carboxylic acids is 1. The highest BCUT2D eigenvalue weighted by atomic mass is 32.2. The minimum absolute atomic E-state index is 0.0702. The molecular weight excluding hydrogens is 420 g/mol. The van der Waals surface area contributed by atoms with E-state index in [1.165, 1.54) is 43.2 Å². The highest BCUT2D eigenvalue weighted by Gasteiger charge is 2.28. The lowest BCUT2D eigenvalue weighted by molar-refractivity contribution is -0.385. The number of nitro groups is 1. The van der Waals surface area contributed by atoms with E-state index in [2.05, 4.69) is 9.62 Å². The monoisotopic (exact) mass is 444 g/mol. The molecule has 2 aliphatic rings. The number of non-ortho nitro benzene ring substituents is 1. The molecule has 2 aromatic rings. The topological polar surface area (TPSA) is 113 Å². The summed E-state index contributed by atoms with van der Waals surface area (Å²) in [6.07, 6.45) is 2.63. The molecular formula is C21H24N4O5S. The van der Waals surface area contributed by atoms with Gasteiger partial charge in [-0.3, -0.25) is 24.5 Å². The number of rotatable bonds is 7. The van der Waals surface area contributed by atoms with Crippen molar-refractivity contribution in [3.8, 4) is 0 Å². The third-order valence-electron chi connectivity index (χ3n) is 5.60. The number of hydrogen-bond donors (Lipinski definition) is 1. The summed E-state index contributed by atoms with van der Waals surface area (Å²) in [5.74, 6) is 0.764. The van der Waals surface area contributed by atoms with Gasteiger partial charge in [0.15, 0.2) is 0 Å². The predicted octanol–water partition coefficient (Wildman–Crippen LogP) is 2.56. The summed E-state index contributed by atoms with van der Waals surface area (Å²) >= 11 is 0. The molecule has 1 amide bonds. The quantitative estimate of drug-likeness (QED) is 0.519. The van der Waals surface area contributed by atoms with E-state index in [-0.39, 0.29) is 22.2 Å². The van der Waals surface area contributed by atoms with Gasteiger partial charge < -0.3 is 4.90 Å². The van der Waals surface area contributed by atoms with Crippen LogP contribution in [-0.4, -0.2) is 61.8 Å². The second-order valence-electron chi connectivity index (χ2n) is 7.97. The molecule has 0 aromatic heterocycles. The molecule has 0 bridgehead atoms. The van der Waals surface area contributed by atoms with E-state index in [0.717, 1.165) is 31.6 Å². The van der Waals surface area contributed by atoms with Crippen molar-refractivity contribution in [3.05, 3.63) is 64.2 Å². The fourth-order valence-corrected chi connectivity index (χ4v) is 4.74. The van der Waals surface area contributed by atoms with Crippen LogP contribution in [0.15, 0.2) is 53.4 Å². The highest BCUT2D eigenvalue weighted by molar-refractivity contribution is 7.92. The van der Waals surface area contributed by atoms with Crippen LogP contribution in [-0.2, 0) is 10.0 Å². The molecule has 0 spiro atoms. The summed E-state index contributed by atoms with van der Waals surface area (Å²) in [4.78, 5) is 27.0. The SMILES string of the molecule is O=C(c1ccc(NS(=O)(=O)c2cccc([N+](=O)[O-])c2)cc1)N1CCN(CC2CC2)CC1. The molecule has 1 saturated heterocycles. The molecule has 31 heavy (non-hydrogen) atoms. The number of piperazine rings is 1. The Morgan fingerprint density at radius 2 is 1.74 bits per heavy atom. The fraction of sp³-hybridized carbons (Fsp3) is 0.381. The lowest BCUT2D eigenvalue weighted by Crippen LogP contribution is -2.49. The van der Waals surface area contributed by atoms with Crippen molar-refractivity contribution in [1.82, 2.24) is 9.80 Å². The van der Waals surface area contributed by atoms with E-state index in [0.29, 0.717) is 18.7 Å². The van der Waals surface area contributed by atoms with Gasteiger partial charge in [-0.1, -0.05) is 6.07 Å². The number of amides is 1. The number of sulfonamides is 1. The largest absolute Gasteiger partial charge is 0.336 e. The first-order chi connectivity index (χ1) is 14.8. The van der Waals surface area contributed by atoms with E-state index in [4.69, 9.17) is 0 Å². The van der Waals surface area contributed by atoms with Crippen LogP contribution in [0.2, 0.25) is 0 Å². The van der Waals surface area contributed by atoms with E-state index >= 15 is 0 Å². The number of anilines is 1. The summed E-state index contributed by atoms with van der Waals surface area (Å²) in [6, 6.07) is 11.1. The standard InChI is InChI=1S/C21H24N4O5S/c26-21(24-12-10-23(11-13-24)15-16-4-5-16)17-6-8-18(9-7-17)22-31(29,30)20-3-1-2-19(14-20)25(27)28/h1-3,6-9,14,16,22H,4-5,10-13,15H2. The van der Waals surface area contributed by atoms with Gasteiger partial charge >= 0.3 is 0 Å². The van der Waals surface area contributed by atoms with Crippen LogP contribution in [0.5, 0.6) is 0 Å². The molecule has 1 aliphatic carbocycles. The summed E-state index contributed by atoms with van der Waals surface area (Å²) in [5.41, 5.74) is 0.465. The van der Waals surface area contributed by atoms with Crippen LogP contribution >= 0.6 is 0 Å². The Balaban J connectivity index is 1.38. The van der Waals surface area contributed by atoms with Gasteiger partial charge in [-0.25, -0.2) is 8.42 Å². The average molecular weight is 445 g/mol. The maximum Gasteiger partial charge on any atom is 0.270 e. The van der Waals surface area contributed by atoms with Gasteiger partial charge in [-0.05, 0) is 49.1 Å². The lowest BCUT2D eigenvalue weighted by atomic mass is 10.1. The lowest BCUT2D eigenvalue weighted by Gasteiger charge is -2.34. The number of carbonyl (C=O) groups is 1. The summed E-state index contributed by atoms with van der Waals surface area (Å²) in [7, 11) is -3.99. The number of hydrogen-bond acceptors (Lipinski definition) is 6. The molecule has 2 fully saturated rings. The van der Waals surface area contributed by atoms with Crippen LogP contribution in [0, 0.1) is 16.0 Å². The second-order valence-corrected chi connectivity index (χ2v) is 9.66. The van der Waals surface area contributed by atoms with Crippen LogP contribution < -0.4 is 4.72 Å². The van der Waals surface area contributed by atoms with Gasteiger partial charge in [0, 0.05) is 56.1 Å². The zero-order chi connectivity index (χ0) is 22.0. The van der Waals surface area contributed by atoms with Crippen molar-refractivity contribution < 1.29 is 18.1 Å². The Hall–Kier alpha value is -2.98. The van der Waals surface area contributed by atoms with Crippen molar-refractivity contribution in [2.75, 3.05) is 37.4 Å². The van der Waals surface area contributed by atoms with Gasteiger partial charge in [0.1, 0.15) is 0 Å². The molecule has 9 nitrogen and oxygen atoms in total. The minimum atomic E-state index is -3.99. The molecule has 1 heterocycles. The number of benzene rings is 2. The van der Waals surface area contributed by atoms with Gasteiger partial charge in [-0.15, -0.1) is 0 Å². The van der Waals surface area contributed by atoms with Crippen LogP contribution in [0.4, 0.5) is 11.4 Å². The van der Waals surface area contributed by atoms with E-state index in [1.807, 2.05) is 4.90 Å². The van der Waals surface area contributed by atoms with Gasteiger partial charge in [0.2, 0.25) is 0 Å². The highest BCUT2D eigenvalue weighted by Crippen LogP contribution is 2.30. The number of nitro benzene ring substituents is 1. The average Bonchev–Trinajstić information content (AvgIpc) is 3.58. The molecule has 1 saturated carbocycles. The fourth-order valence-electron chi connectivity index (χ4n) is 3.64. The van der Waals surface area contributed by atoms with Crippen LogP contribution in [0.1, 0.15) is 23.2 Å². The van der Waals surface area contributed by atoms with Gasteiger partial charge in [0.25, 0.3) is 21.6 Å². The Morgan fingerprint density at radius 3 is 2.35 bits per heavy atom. The smallest absolute Gasteiger partial charge is 0.270 e. The maximum absolute atomic E-state index is 12.8. The molecule has 2 aromatic carbocycles. The second kappa shape index (κ2) is 8.64. The molecule has 0 radical (unpaired) electrons. The first kappa shape index (κ1) is 21.3. The third kappa shape index (κ3) is 5.20. The van der Waals surface area contributed by atoms with Crippen molar-refractivity contribution in [3.63, 3.8) is 0 Å². The summed E-state index contributed by atoms with van der Waals surface area (Å²) in [6.45, 7) is 4.26. The van der Waals surface area contributed by atoms with E-state index in [1.54, 1.807) is 12.1 Å². The van der Waals surface area contributed by atoms with Crippen molar-refractivity contribution in [2.24, 2.45) is 5.92 Å². The molecule has 4 rings (SSSR count). The molecule has 164 valence electrons. The van der Waals surface area contributed by atoms with Crippen molar-refractivity contribution in [2.45, 2.75) is 17.7 Å². The first-order valence-corrected chi connectivity index (χ1v) is 11.7. The van der Waals surface area contributed by atoms with Gasteiger partial charge in [0.05, 0.1) is 9.82 Å². The van der Waals surface area contributed by atoms with Crippen molar-refractivity contribution >= 4 is 27.3 Å². The predicted molar refractivity (Wildman–Crippen MR) is 115 cm³/mol. The Morgan fingerprint density at radius 1 is 1.06 bits per heavy atom. The van der Waals surface area contributed by atoms with E-state index < -0.39 is 14.9 Å². The third-order valence-corrected chi connectivity index (χ3v) is 6.97. The summed E-state index contributed by atoms with van der Waals surface area (Å²) in [5, 5.41) is 10.9. The molecule has 1 aliphatic heterocycles. The Kier molecular flexibility index (Phi) is 5.92. The Labute approximate surface area is 180 Å². The van der Waals surface area contributed by atoms with E-state index in [9.17, 15) is 23.3 Å². The Bertz CT molecular complexity index is 1080. The zero-order valence-corrected chi connectivity index (χ0v) is 17.8. The molecule has 0 unspecified atom stereocenters. The zero-order valence-electron chi connectivity index (χ0n) is 16.9. The molecule has 0 atom stereocenters. The number of nitrogens with zero attached hydrogens (tertiary/aromatic N) is 3. The molecule has 1 N–H and O–H groups in total.